The van der Waals surface area contributed by atoms with Gasteiger partial charge in [-0.1, -0.05) is 36.4 Å². The van der Waals surface area contributed by atoms with Crippen LogP contribution < -0.4 is 4.74 Å². The maximum Gasteiger partial charge on any atom is 0.339 e. The van der Waals surface area contributed by atoms with Crippen molar-refractivity contribution >= 4 is 5.97 Å². The quantitative estimate of drug-likeness (QED) is 0.760. The molecule has 0 radical (unpaired) electrons. The van der Waals surface area contributed by atoms with E-state index >= 15 is 0 Å². The lowest BCUT2D eigenvalue weighted by molar-refractivity contribution is 0.0692. The van der Waals surface area contributed by atoms with Gasteiger partial charge in [0.1, 0.15) is 17.9 Å². The number of aryl methyl sites for hydroxylation is 1. The molecule has 0 saturated heterocycles. The van der Waals surface area contributed by atoms with Crippen molar-refractivity contribution in [2.24, 2.45) is 0 Å². The molecule has 3 aromatic rings. The number of aromatic carboxylic acids is 1. The second-order valence-electron chi connectivity index (χ2n) is 5.48. The monoisotopic (exact) mass is 319 g/mol. The largest absolute Gasteiger partial charge is 0.488 e. The van der Waals surface area contributed by atoms with Gasteiger partial charge in [-0.25, -0.2) is 4.79 Å². The van der Waals surface area contributed by atoms with Gasteiger partial charge >= 0.3 is 5.97 Å². The van der Waals surface area contributed by atoms with Crippen molar-refractivity contribution in [1.29, 1.82) is 0 Å². The highest BCUT2D eigenvalue weighted by atomic mass is 16.5. The van der Waals surface area contributed by atoms with E-state index < -0.39 is 5.97 Å². The summed E-state index contributed by atoms with van der Waals surface area (Å²) >= 11 is 0. The van der Waals surface area contributed by atoms with Gasteiger partial charge in [0, 0.05) is 18.0 Å². The smallest absolute Gasteiger partial charge is 0.339 e. The Morgan fingerprint density at radius 3 is 2.62 bits per heavy atom. The fourth-order valence-electron chi connectivity index (χ4n) is 2.49. The first-order valence-corrected chi connectivity index (χ1v) is 7.60. The summed E-state index contributed by atoms with van der Waals surface area (Å²) in [6.45, 7) is 2.30. The number of carboxylic acid groups (broad SMARTS) is 1. The van der Waals surface area contributed by atoms with Crippen molar-refractivity contribution in [2.45, 2.75) is 13.5 Å². The van der Waals surface area contributed by atoms with Crippen LogP contribution in [-0.4, -0.2) is 16.1 Å². The molecule has 2 aromatic carbocycles. The van der Waals surface area contributed by atoms with Gasteiger partial charge in [-0.2, -0.15) is 0 Å². The predicted molar refractivity (Wildman–Crippen MR) is 92.1 cm³/mol. The molecule has 0 saturated carbocycles. The number of carboxylic acids is 1. The van der Waals surface area contributed by atoms with Crippen LogP contribution in [0.2, 0.25) is 0 Å². The Balaban J connectivity index is 1.91. The second-order valence-corrected chi connectivity index (χ2v) is 5.48. The molecule has 0 aliphatic carbocycles. The normalized spacial score (nSPS) is 10.4. The van der Waals surface area contributed by atoms with Gasteiger partial charge in [0.25, 0.3) is 0 Å². The first-order valence-electron chi connectivity index (χ1n) is 7.60. The van der Waals surface area contributed by atoms with E-state index in [1.54, 1.807) is 24.5 Å². The van der Waals surface area contributed by atoms with Gasteiger partial charge in [0.2, 0.25) is 0 Å². The SMILES string of the molecule is Cc1ccncc1-c1ccc(OCc2ccccc2)c(C(=O)O)c1. The van der Waals surface area contributed by atoms with E-state index in [9.17, 15) is 9.90 Å². The summed E-state index contributed by atoms with van der Waals surface area (Å²) in [6, 6.07) is 16.7. The number of rotatable bonds is 5. The van der Waals surface area contributed by atoms with Crippen LogP contribution in [0.15, 0.2) is 67.0 Å². The Morgan fingerprint density at radius 1 is 1.12 bits per heavy atom. The number of aromatic nitrogens is 1. The maximum atomic E-state index is 11.6. The highest BCUT2D eigenvalue weighted by Crippen LogP contribution is 2.28. The van der Waals surface area contributed by atoms with Crippen molar-refractivity contribution in [3.8, 4) is 16.9 Å². The van der Waals surface area contributed by atoms with Gasteiger partial charge < -0.3 is 9.84 Å². The first-order chi connectivity index (χ1) is 11.6. The minimum Gasteiger partial charge on any atom is -0.488 e. The van der Waals surface area contributed by atoms with E-state index in [1.807, 2.05) is 49.4 Å². The van der Waals surface area contributed by atoms with E-state index in [2.05, 4.69) is 4.98 Å². The second kappa shape index (κ2) is 6.96. The Kier molecular flexibility index (Phi) is 4.57. The van der Waals surface area contributed by atoms with E-state index in [4.69, 9.17) is 4.74 Å². The minimum absolute atomic E-state index is 0.145. The number of pyridine rings is 1. The van der Waals surface area contributed by atoms with E-state index in [-0.39, 0.29) is 5.56 Å². The van der Waals surface area contributed by atoms with Crippen LogP contribution in [0.25, 0.3) is 11.1 Å². The number of hydrogen-bond donors (Lipinski definition) is 1. The molecule has 4 nitrogen and oxygen atoms in total. The summed E-state index contributed by atoms with van der Waals surface area (Å²) in [4.78, 5) is 15.7. The molecule has 24 heavy (non-hydrogen) atoms. The lowest BCUT2D eigenvalue weighted by Gasteiger charge is -2.12. The van der Waals surface area contributed by atoms with Crippen LogP contribution in [0, 0.1) is 6.92 Å². The lowest BCUT2D eigenvalue weighted by Crippen LogP contribution is -2.04. The fraction of sp³-hybridized carbons (Fsp3) is 0.100. The zero-order chi connectivity index (χ0) is 16.9. The number of carbonyl (C=O) groups is 1. The van der Waals surface area contributed by atoms with Crippen LogP contribution in [0.5, 0.6) is 5.75 Å². The van der Waals surface area contributed by atoms with Gasteiger partial charge in [-0.15, -0.1) is 0 Å². The Morgan fingerprint density at radius 2 is 1.92 bits per heavy atom. The summed E-state index contributed by atoms with van der Waals surface area (Å²) in [5, 5.41) is 9.51. The Hall–Kier alpha value is -3.14. The predicted octanol–water partition coefficient (Wildman–Crippen LogP) is 4.33. The van der Waals surface area contributed by atoms with Crippen LogP contribution in [0.4, 0.5) is 0 Å². The van der Waals surface area contributed by atoms with Crippen LogP contribution >= 0.6 is 0 Å². The third-order valence-electron chi connectivity index (χ3n) is 3.80. The summed E-state index contributed by atoms with van der Waals surface area (Å²) in [7, 11) is 0. The highest BCUT2D eigenvalue weighted by Gasteiger charge is 2.14. The van der Waals surface area contributed by atoms with Gasteiger partial charge in [-0.05, 0) is 41.8 Å². The van der Waals surface area contributed by atoms with Crippen LogP contribution in [-0.2, 0) is 6.61 Å². The van der Waals surface area contributed by atoms with Crippen LogP contribution in [0.1, 0.15) is 21.5 Å². The molecule has 0 aliphatic rings. The molecular weight excluding hydrogens is 302 g/mol. The van der Waals surface area contributed by atoms with Crippen molar-refractivity contribution in [3.63, 3.8) is 0 Å². The highest BCUT2D eigenvalue weighted by molar-refractivity contribution is 5.92. The molecule has 1 heterocycles. The molecule has 120 valence electrons. The third kappa shape index (κ3) is 3.43. The minimum atomic E-state index is -1.01. The molecule has 1 aromatic heterocycles. The van der Waals surface area contributed by atoms with Crippen molar-refractivity contribution in [2.75, 3.05) is 0 Å². The first kappa shape index (κ1) is 15.7. The average Bonchev–Trinajstić information content (AvgIpc) is 2.61. The molecule has 1 N–H and O–H groups in total. The zero-order valence-electron chi connectivity index (χ0n) is 13.3. The number of nitrogens with zero attached hydrogens (tertiary/aromatic N) is 1. The molecule has 0 atom stereocenters. The van der Waals surface area contributed by atoms with Crippen molar-refractivity contribution in [3.05, 3.63) is 83.7 Å². The van der Waals surface area contributed by atoms with E-state index in [1.165, 1.54) is 0 Å². The summed E-state index contributed by atoms with van der Waals surface area (Å²) in [5.41, 5.74) is 3.90. The molecule has 0 spiro atoms. The van der Waals surface area contributed by atoms with E-state index in [0.29, 0.717) is 12.4 Å². The standard InChI is InChI=1S/C20H17NO3/c1-14-9-10-21-12-18(14)16-7-8-19(17(11-16)20(22)23)24-13-15-5-3-2-4-6-15/h2-12H,13H2,1H3,(H,22,23). The molecule has 0 amide bonds. The van der Waals surface area contributed by atoms with Gasteiger partial charge in [-0.3, -0.25) is 4.98 Å². The van der Waals surface area contributed by atoms with Crippen molar-refractivity contribution in [1.82, 2.24) is 4.98 Å². The Labute approximate surface area is 140 Å². The summed E-state index contributed by atoms with van der Waals surface area (Å²) < 4.78 is 5.71. The molecule has 0 unspecified atom stereocenters. The molecule has 0 fully saturated rings. The zero-order valence-corrected chi connectivity index (χ0v) is 13.3. The van der Waals surface area contributed by atoms with Gasteiger partial charge in [0.05, 0.1) is 0 Å². The Bertz CT molecular complexity index is 860. The lowest BCUT2D eigenvalue weighted by atomic mass is 10.0. The number of benzene rings is 2. The third-order valence-corrected chi connectivity index (χ3v) is 3.80. The molecule has 4 heteroatoms. The van der Waals surface area contributed by atoms with Crippen LogP contribution in [0.3, 0.4) is 0 Å². The molecule has 0 aliphatic heterocycles. The van der Waals surface area contributed by atoms with Crippen molar-refractivity contribution < 1.29 is 14.6 Å². The topological polar surface area (TPSA) is 59.4 Å². The molecular formula is C20H17NO3. The maximum absolute atomic E-state index is 11.6. The fourth-order valence-corrected chi connectivity index (χ4v) is 2.49. The molecule has 3 rings (SSSR count). The molecule has 0 bridgehead atoms. The summed E-state index contributed by atoms with van der Waals surface area (Å²) in [5.74, 6) is -0.655. The van der Waals surface area contributed by atoms with Gasteiger partial charge in [0.15, 0.2) is 0 Å². The summed E-state index contributed by atoms with van der Waals surface area (Å²) in [6.07, 6.45) is 3.45. The van der Waals surface area contributed by atoms with E-state index in [0.717, 1.165) is 22.3 Å². The average molecular weight is 319 g/mol. The number of hydrogen-bond acceptors (Lipinski definition) is 3. The number of ether oxygens (including phenoxy) is 1.